The number of aliphatic hydroxyl groups is 1. The molecule has 0 spiro atoms. The van der Waals surface area contributed by atoms with Gasteiger partial charge in [-0.05, 0) is 19.4 Å². The van der Waals surface area contributed by atoms with E-state index >= 15 is 0 Å². The lowest BCUT2D eigenvalue weighted by atomic mass is 10.2. The number of aromatic nitrogens is 1. The van der Waals surface area contributed by atoms with Gasteiger partial charge in [-0.25, -0.2) is 0 Å². The third-order valence-electron chi connectivity index (χ3n) is 1.99. The second-order valence-electron chi connectivity index (χ2n) is 3.33. The number of nitrogens with one attached hydrogen (secondary N) is 2. The van der Waals surface area contributed by atoms with Gasteiger partial charge in [-0.2, -0.15) is 0 Å². The van der Waals surface area contributed by atoms with E-state index in [1.807, 2.05) is 0 Å². The number of hydrogen-bond acceptors (Lipinski definition) is 3. The first-order valence-corrected chi connectivity index (χ1v) is 4.74. The van der Waals surface area contributed by atoms with Crippen LogP contribution in [0, 0.1) is 0 Å². The second kappa shape index (κ2) is 5.31. The Hall–Kier alpha value is -1.62. The molecule has 0 aromatic carbocycles. The highest BCUT2D eigenvalue weighted by Crippen LogP contribution is 1.96. The highest BCUT2D eigenvalue weighted by molar-refractivity contribution is 5.93. The number of rotatable bonds is 4. The average Bonchev–Trinajstić information content (AvgIpc) is 2.18. The van der Waals surface area contributed by atoms with Gasteiger partial charge in [0.05, 0.1) is 5.56 Å². The van der Waals surface area contributed by atoms with Gasteiger partial charge >= 0.3 is 0 Å². The molecule has 1 rings (SSSR count). The van der Waals surface area contributed by atoms with Crippen molar-refractivity contribution in [3.63, 3.8) is 0 Å². The number of carbonyl (C=O) groups excluding carboxylic acids is 1. The molecule has 0 fully saturated rings. The number of pyridine rings is 1. The maximum absolute atomic E-state index is 11.5. The summed E-state index contributed by atoms with van der Waals surface area (Å²) in [6, 6.07) is 2.67. The molecular formula is C10H14N2O3. The largest absolute Gasteiger partial charge is 0.396 e. The fourth-order valence-electron chi connectivity index (χ4n) is 1.12. The van der Waals surface area contributed by atoms with Crippen LogP contribution in [0.2, 0.25) is 0 Å². The highest BCUT2D eigenvalue weighted by atomic mass is 16.3. The van der Waals surface area contributed by atoms with Crippen LogP contribution >= 0.6 is 0 Å². The smallest absolute Gasteiger partial charge is 0.252 e. The fourth-order valence-corrected chi connectivity index (χ4v) is 1.12. The van der Waals surface area contributed by atoms with Crippen molar-refractivity contribution in [2.45, 2.75) is 19.4 Å². The molecule has 0 aliphatic carbocycles. The predicted molar refractivity (Wildman–Crippen MR) is 55.7 cm³/mol. The molecule has 1 unspecified atom stereocenters. The van der Waals surface area contributed by atoms with E-state index in [4.69, 9.17) is 5.11 Å². The van der Waals surface area contributed by atoms with E-state index in [2.05, 4.69) is 10.3 Å². The number of aromatic amines is 1. The first kappa shape index (κ1) is 11.5. The summed E-state index contributed by atoms with van der Waals surface area (Å²) in [5.41, 5.74) is 0.161. The molecule has 5 nitrogen and oxygen atoms in total. The lowest BCUT2D eigenvalue weighted by molar-refractivity contribution is 0.0934. The number of aliphatic hydroxyl groups excluding tert-OH is 1. The Kier molecular flexibility index (Phi) is 4.05. The predicted octanol–water partition coefficient (Wildman–Crippen LogP) is -0.124. The molecule has 82 valence electrons. The van der Waals surface area contributed by atoms with Gasteiger partial charge < -0.3 is 15.4 Å². The quantitative estimate of drug-likeness (QED) is 0.647. The zero-order chi connectivity index (χ0) is 11.3. The van der Waals surface area contributed by atoms with Gasteiger partial charge in [-0.1, -0.05) is 0 Å². The first-order valence-electron chi connectivity index (χ1n) is 4.74. The van der Waals surface area contributed by atoms with Crippen LogP contribution in [0.5, 0.6) is 0 Å². The highest BCUT2D eigenvalue weighted by Gasteiger charge is 2.08. The van der Waals surface area contributed by atoms with Gasteiger partial charge in [0.25, 0.3) is 5.91 Å². The Labute approximate surface area is 87.1 Å². The number of H-pyrrole nitrogens is 1. The van der Waals surface area contributed by atoms with E-state index in [-0.39, 0.29) is 24.1 Å². The van der Waals surface area contributed by atoms with Crippen LogP contribution in [0.3, 0.4) is 0 Å². The van der Waals surface area contributed by atoms with Crippen molar-refractivity contribution < 1.29 is 9.90 Å². The van der Waals surface area contributed by atoms with Crippen LogP contribution in [-0.2, 0) is 0 Å². The topological polar surface area (TPSA) is 82.2 Å². The summed E-state index contributed by atoms with van der Waals surface area (Å²) in [5, 5.41) is 11.4. The van der Waals surface area contributed by atoms with Crippen molar-refractivity contribution in [1.29, 1.82) is 0 Å². The van der Waals surface area contributed by atoms with Crippen molar-refractivity contribution >= 4 is 5.91 Å². The Balaban J connectivity index is 2.61. The molecule has 15 heavy (non-hydrogen) atoms. The van der Waals surface area contributed by atoms with E-state index in [1.54, 1.807) is 6.92 Å². The number of hydrogen-bond donors (Lipinski definition) is 3. The first-order chi connectivity index (χ1) is 7.13. The molecule has 1 atom stereocenters. The van der Waals surface area contributed by atoms with Crippen molar-refractivity contribution in [3.8, 4) is 0 Å². The molecule has 3 N–H and O–H groups in total. The molecule has 0 saturated carbocycles. The Morgan fingerprint density at radius 3 is 2.87 bits per heavy atom. The Morgan fingerprint density at radius 2 is 2.33 bits per heavy atom. The minimum Gasteiger partial charge on any atom is -0.396 e. The molecule has 0 aliphatic heterocycles. The number of carbonyl (C=O) groups is 1. The van der Waals surface area contributed by atoms with Gasteiger partial charge in [-0.15, -0.1) is 0 Å². The van der Waals surface area contributed by atoms with Crippen molar-refractivity contribution in [2.24, 2.45) is 0 Å². The normalized spacial score (nSPS) is 12.1. The maximum Gasteiger partial charge on any atom is 0.252 e. The summed E-state index contributed by atoms with van der Waals surface area (Å²) >= 11 is 0. The Morgan fingerprint density at radius 1 is 1.60 bits per heavy atom. The van der Waals surface area contributed by atoms with Crippen LogP contribution in [-0.4, -0.2) is 28.6 Å². The van der Waals surface area contributed by atoms with Gasteiger partial charge in [0.15, 0.2) is 0 Å². The van der Waals surface area contributed by atoms with Crippen LogP contribution in [0.1, 0.15) is 23.7 Å². The molecule has 0 aliphatic rings. The maximum atomic E-state index is 11.5. The van der Waals surface area contributed by atoms with Crippen LogP contribution < -0.4 is 10.9 Å². The van der Waals surface area contributed by atoms with Crippen LogP contribution in [0.15, 0.2) is 23.1 Å². The van der Waals surface area contributed by atoms with Gasteiger partial charge in [-0.3, -0.25) is 9.59 Å². The molecule has 1 amide bonds. The summed E-state index contributed by atoms with van der Waals surface area (Å²) in [7, 11) is 0. The van der Waals surface area contributed by atoms with E-state index < -0.39 is 0 Å². The SMILES string of the molecule is CC(CCO)NC(=O)c1ccc(=O)[nH]c1. The van der Waals surface area contributed by atoms with E-state index in [0.29, 0.717) is 12.0 Å². The molecule has 0 radical (unpaired) electrons. The van der Waals surface area contributed by atoms with Gasteiger partial charge in [0.2, 0.25) is 5.56 Å². The molecule has 1 aromatic heterocycles. The zero-order valence-corrected chi connectivity index (χ0v) is 8.49. The lowest BCUT2D eigenvalue weighted by Gasteiger charge is -2.11. The van der Waals surface area contributed by atoms with Crippen molar-refractivity contribution in [1.82, 2.24) is 10.3 Å². The summed E-state index contributed by atoms with van der Waals surface area (Å²) in [5.74, 6) is -0.257. The van der Waals surface area contributed by atoms with Crippen LogP contribution in [0.25, 0.3) is 0 Å². The molecule has 0 saturated heterocycles. The standard InChI is InChI=1S/C10H14N2O3/c1-7(4-5-13)12-10(15)8-2-3-9(14)11-6-8/h2-3,6-7,13H,4-5H2,1H3,(H,11,14)(H,12,15). The number of amides is 1. The van der Waals surface area contributed by atoms with E-state index in [1.165, 1.54) is 18.3 Å². The Bertz CT molecular complexity index is 366. The van der Waals surface area contributed by atoms with Gasteiger partial charge in [0, 0.05) is 24.9 Å². The summed E-state index contributed by atoms with van der Waals surface area (Å²) in [6.45, 7) is 1.84. The third kappa shape index (κ3) is 3.55. The molecular weight excluding hydrogens is 196 g/mol. The van der Waals surface area contributed by atoms with Crippen molar-refractivity contribution in [2.75, 3.05) is 6.61 Å². The minimum absolute atomic E-state index is 0.0348. The molecule has 1 aromatic rings. The van der Waals surface area contributed by atoms with Gasteiger partial charge in [0.1, 0.15) is 0 Å². The van der Waals surface area contributed by atoms with Crippen molar-refractivity contribution in [3.05, 3.63) is 34.2 Å². The van der Waals surface area contributed by atoms with E-state index in [0.717, 1.165) is 0 Å². The van der Waals surface area contributed by atoms with E-state index in [9.17, 15) is 9.59 Å². The van der Waals surface area contributed by atoms with Crippen LogP contribution in [0.4, 0.5) is 0 Å². The monoisotopic (exact) mass is 210 g/mol. The zero-order valence-electron chi connectivity index (χ0n) is 8.49. The molecule has 0 bridgehead atoms. The third-order valence-corrected chi connectivity index (χ3v) is 1.99. The molecule has 5 heteroatoms. The summed E-state index contributed by atoms with van der Waals surface area (Å²) in [6.07, 6.45) is 1.87. The average molecular weight is 210 g/mol. The lowest BCUT2D eigenvalue weighted by Crippen LogP contribution is -2.33. The minimum atomic E-state index is -0.257. The fraction of sp³-hybridized carbons (Fsp3) is 0.400. The molecule has 1 heterocycles. The summed E-state index contributed by atoms with van der Waals surface area (Å²) < 4.78 is 0. The summed E-state index contributed by atoms with van der Waals surface area (Å²) in [4.78, 5) is 24.7. The second-order valence-corrected chi connectivity index (χ2v) is 3.33.